The van der Waals surface area contributed by atoms with Gasteiger partial charge in [-0.1, -0.05) is 24.3 Å². The average molecular weight is 445 g/mol. The van der Waals surface area contributed by atoms with Gasteiger partial charge < -0.3 is 15.0 Å². The van der Waals surface area contributed by atoms with Gasteiger partial charge in [-0.05, 0) is 79.8 Å². The largest absolute Gasteiger partial charge is 0.481 e. The van der Waals surface area contributed by atoms with Gasteiger partial charge in [-0.25, -0.2) is 4.39 Å². The highest BCUT2D eigenvalue weighted by Crippen LogP contribution is 2.38. The van der Waals surface area contributed by atoms with Crippen molar-refractivity contribution in [1.29, 1.82) is 0 Å². The van der Waals surface area contributed by atoms with Crippen molar-refractivity contribution in [2.45, 2.75) is 44.9 Å². The van der Waals surface area contributed by atoms with Gasteiger partial charge in [-0.2, -0.15) is 0 Å². The molecule has 0 fully saturated rings. The zero-order valence-corrected chi connectivity index (χ0v) is 18.4. The maximum Gasteiger partial charge on any atom is 0.264 e. The Labute approximate surface area is 192 Å². The lowest BCUT2D eigenvalue weighted by Crippen LogP contribution is -2.41. The quantitative estimate of drug-likeness (QED) is 0.599. The lowest BCUT2D eigenvalue weighted by Gasteiger charge is -2.35. The summed E-state index contributed by atoms with van der Waals surface area (Å²) in [4.78, 5) is 27.8. The van der Waals surface area contributed by atoms with Crippen molar-refractivity contribution in [2.24, 2.45) is 0 Å². The average Bonchev–Trinajstić information content (AvgIpc) is 2.95. The normalized spacial score (nSPS) is 19.7. The molecular weight excluding hydrogens is 419 g/mol. The van der Waals surface area contributed by atoms with E-state index in [0.29, 0.717) is 23.5 Å². The first-order chi connectivity index (χ1) is 16.0. The lowest BCUT2D eigenvalue weighted by atomic mass is 9.86. The minimum Gasteiger partial charge on any atom is -0.481 e. The van der Waals surface area contributed by atoms with Gasteiger partial charge in [-0.15, -0.1) is 0 Å². The van der Waals surface area contributed by atoms with Crippen LogP contribution in [-0.4, -0.2) is 22.8 Å². The Kier molecular flexibility index (Phi) is 5.58. The molecule has 168 valence electrons. The van der Waals surface area contributed by atoms with E-state index in [-0.39, 0.29) is 17.9 Å². The maximum absolute atomic E-state index is 13.3. The first kappa shape index (κ1) is 21.2. The predicted octanol–water partition coefficient (Wildman–Crippen LogP) is 5.27. The number of benzene rings is 3. The summed E-state index contributed by atoms with van der Waals surface area (Å²) >= 11 is 0. The summed E-state index contributed by atoms with van der Waals surface area (Å²) in [5.41, 5.74) is 4.30. The second-order valence-corrected chi connectivity index (χ2v) is 8.62. The molecule has 2 amide bonds. The third-order valence-electron chi connectivity index (χ3n) is 6.41. The van der Waals surface area contributed by atoms with Crippen LogP contribution in [-0.2, 0) is 17.8 Å². The van der Waals surface area contributed by atoms with E-state index in [0.717, 1.165) is 24.8 Å². The Balaban J connectivity index is 1.44. The smallest absolute Gasteiger partial charge is 0.264 e. The molecule has 0 saturated carbocycles. The molecule has 0 radical (unpaired) electrons. The molecule has 3 aromatic rings. The molecule has 1 heterocycles. The van der Waals surface area contributed by atoms with Gasteiger partial charge in [0.25, 0.3) is 11.8 Å². The van der Waals surface area contributed by atoms with E-state index in [1.807, 2.05) is 23.1 Å². The van der Waals surface area contributed by atoms with Crippen LogP contribution in [0.4, 0.5) is 10.1 Å². The Bertz CT molecular complexity index is 1210. The summed E-state index contributed by atoms with van der Waals surface area (Å²) in [5.74, 6) is -0.115. The number of carbonyl (C=O) groups excluding carboxylic acids is 2. The molecule has 0 aromatic heterocycles. The highest BCUT2D eigenvalue weighted by Gasteiger charge is 2.35. The summed E-state index contributed by atoms with van der Waals surface area (Å²) in [6, 6.07) is 19.1. The number of aryl methyl sites for hydroxylation is 1. The molecule has 1 N–H and O–H groups in total. The number of nitrogens with one attached hydrogen (secondary N) is 1. The maximum atomic E-state index is 13.3. The number of amides is 2. The van der Waals surface area contributed by atoms with Gasteiger partial charge in [0.2, 0.25) is 0 Å². The topological polar surface area (TPSA) is 58.6 Å². The van der Waals surface area contributed by atoms with Gasteiger partial charge in [0.05, 0.1) is 12.6 Å². The van der Waals surface area contributed by atoms with E-state index >= 15 is 0 Å². The van der Waals surface area contributed by atoms with Crippen LogP contribution in [0.15, 0.2) is 66.7 Å². The van der Waals surface area contributed by atoms with Gasteiger partial charge in [0.1, 0.15) is 11.6 Å². The van der Waals surface area contributed by atoms with Crippen LogP contribution >= 0.6 is 0 Å². The van der Waals surface area contributed by atoms with Crippen molar-refractivity contribution in [3.8, 4) is 5.75 Å². The zero-order chi connectivity index (χ0) is 22.9. The van der Waals surface area contributed by atoms with Crippen LogP contribution in [0, 0.1) is 5.82 Å². The molecule has 1 aliphatic heterocycles. The molecule has 33 heavy (non-hydrogen) atoms. The lowest BCUT2D eigenvalue weighted by molar-refractivity contribution is -0.140. The highest BCUT2D eigenvalue weighted by atomic mass is 19.1. The third kappa shape index (κ3) is 4.21. The fourth-order valence-electron chi connectivity index (χ4n) is 4.75. The summed E-state index contributed by atoms with van der Waals surface area (Å²) in [6.07, 6.45) is 2.37. The fourth-order valence-corrected chi connectivity index (χ4v) is 4.75. The van der Waals surface area contributed by atoms with E-state index in [1.165, 1.54) is 35.4 Å². The molecule has 2 aliphatic rings. The minimum atomic E-state index is -0.597. The fraction of sp³-hybridized carbons (Fsp3) is 0.259. The summed E-state index contributed by atoms with van der Waals surface area (Å²) < 4.78 is 19.2. The molecule has 5 rings (SSSR count). The molecule has 1 aliphatic carbocycles. The Morgan fingerprint density at radius 3 is 2.67 bits per heavy atom. The van der Waals surface area contributed by atoms with Crippen LogP contribution in [0.5, 0.6) is 5.75 Å². The number of hydrogen-bond donors (Lipinski definition) is 1. The van der Waals surface area contributed by atoms with Crippen molar-refractivity contribution in [3.63, 3.8) is 0 Å². The standard InChI is InChI=1S/C27H25FN2O3/c1-17-27(32)30(24-8-4-6-18-5-2-3-7-23(18)24)16-20-15-22(13-14-25(20)33-17)29-26(31)19-9-11-21(28)12-10-19/h2-3,5,7,9-15,17,24H,4,6,8,16H2,1H3,(H,29,31)/t17-,24+/m0/s1. The van der Waals surface area contributed by atoms with Crippen LogP contribution in [0.25, 0.3) is 0 Å². The second kappa shape index (κ2) is 8.70. The number of nitrogens with zero attached hydrogens (tertiary/aromatic N) is 1. The van der Waals surface area contributed by atoms with Crippen LogP contribution in [0.1, 0.15) is 52.9 Å². The van der Waals surface area contributed by atoms with Crippen molar-refractivity contribution in [3.05, 3.63) is 94.8 Å². The van der Waals surface area contributed by atoms with E-state index in [9.17, 15) is 14.0 Å². The second-order valence-electron chi connectivity index (χ2n) is 8.62. The van der Waals surface area contributed by atoms with Gasteiger partial charge >= 0.3 is 0 Å². The van der Waals surface area contributed by atoms with E-state index < -0.39 is 11.9 Å². The first-order valence-electron chi connectivity index (χ1n) is 11.2. The third-order valence-corrected chi connectivity index (χ3v) is 6.41. The molecular formula is C27H25FN2O3. The van der Waals surface area contributed by atoms with Crippen LogP contribution < -0.4 is 10.1 Å². The van der Waals surface area contributed by atoms with Crippen LogP contribution in [0.2, 0.25) is 0 Å². The molecule has 0 bridgehead atoms. The monoisotopic (exact) mass is 444 g/mol. The highest BCUT2D eigenvalue weighted by molar-refractivity contribution is 6.04. The summed E-state index contributed by atoms with van der Waals surface area (Å²) in [6.45, 7) is 2.18. The zero-order valence-electron chi connectivity index (χ0n) is 18.4. The molecule has 2 atom stereocenters. The molecule has 6 heteroatoms. The van der Waals surface area contributed by atoms with E-state index in [4.69, 9.17) is 4.74 Å². The molecule has 0 spiro atoms. The Morgan fingerprint density at radius 2 is 1.85 bits per heavy atom. The van der Waals surface area contributed by atoms with Gasteiger partial charge in [0.15, 0.2) is 6.10 Å². The number of rotatable bonds is 3. The molecule has 5 nitrogen and oxygen atoms in total. The minimum absolute atomic E-state index is 0.00286. The van der Waals surface area contributed by atoms with E-state index in [1.54, 1.807) is 19.1 Å². The number of fused-ring (bicyclic) bond motifs is 2. The Hall–Kier alpha value is -3.67. The number of halogens is 1. The van der Waals surface area contributed by atoms with E-state index in [2.05, 4.69) is 17.4 Å². The number of anilines is 1. The van der Waals surface area contributed by atoms with Crippen LogP contribution in [0.3, 0.4) is 0 Å². The number of hydrogen-bond acceptors (Lipinski definition) is 3. The molecule has 0 unspecified atom stereocenters. The molecule has 3 aromatic carbocycles. The summed E-state index contributed by atoms with van der Waals surface area (Å²) in [5, 5.41) is 2.86. The van der Waals surface area contributed by atoms with Crippen molar-refractivity contribution in [2.75, 3.05) is 5.32 Å². The Morgan fingerprint density at radius 1 is 1.06 bits per heavy atom. The van der Waals surface area contributed by atoms with Gasteiger partial charge in [-0.3, -0.25) is 9.59 Å². The summed E-state index contributed by atoms with van der Waals surface area (Å²) in [7, 11) is 0. The number of carbonyl (C=O) groups is 2. The predicted molar refractivity (Wildman–Crippen MR) is 124 cm³/mol. The first-order valence-corrected chi connectivity index (χ1v) is 11.2. The SMILES string of the molecule is C[C@@H]1Oc2ccc(NC(=O)c3ccc(F)cc3)cc2CN([C@@H]2CCCc3ccccc32)C1=O. The number of ether oxygens (including phenoxy) is 1. The molecule has 0 saturated heterocycles. The van der Waals surface area contributed by atoms with Crippen molar-refractivity contribution < 1.29 is 18.7 Å². The van der Waals surface area contributed by atoms with Gasteiger partial charge in [0, 0.05) is 16.8 Å². The van der Waals surface area contributed by atoms with Crippen molar-refractivity contribution in [1.82, 2.24) is 4.90 Å². The van der Waals surface area contributed by atoms with Crippen molar-refractivity contribution >= 4 is 17.5 Å².